The first-order valence-corrected chi connectivity index (χ1v) is 5.47. The van der Waals surface area contributed by atoms with Crippen LogP contribution < -0.4 is 11.1 Å². The fourth-order valence-corrected chi connectivity index (χ4v) is 1.57. The van der Waals surface area contributed by atoms with Gasteiger partial charge in [0, 0.05) is 0 Å². The molecule has 2 aromatic rings. The van der Waals surface area contributed by atoms with Crippen LogP contribution in [0.15, 0.2) is 36.4 Å². The highest BCUT2D eigenvalue weighted by atomic mass is 35.5. The second-order valence-corrected chi connectivity index (χ2v) is 3.93. The van der Waals surface area contributed by atoms with E-state index in [9.17, 15) is 9.90 Å². The average molecular weight is 264 g/mol. The molecule has 4 N–H and O–H groups in total. The lowest BCUT2D eigenvalue weighted by Crippen LogP contribution is -2.13. The average Bonchev–Trinajstić information content (AvgIpc) is 2.32. The number of anilines is 2. The molecule has 92 valence electrons. The van der Waals surface area contributed by atoms with E-state index in [2.05, 4.69) is 10.3 Å². The van der Waals surface area contributed by atoms with Crippen molar-refractivity contribution in [3.05, 3.63) is 47.1 Å². The second kappa shape index (κ2) is 4.93. The highest BCUT2D eigenvalue weighted by Gasteiger charge is 2.13. The summed E-state index contributed by atoms with van der Waals surface area (Å²) < 4.78 is 0. The molecule has 0 aliphatic carbocycles. The maximum Gasteiger partial charge on any atom is 0.260 e. The third-order valence-electron chi connectivity index (χ3n) is 2.27. The van der Waals surface area contributed by atoms with E-state index >= 15 is 0 Å². The third-order valence-corrected chi connectivity index (χ3v) is 2.48. The van der Waals surface area contributed by atoms with Crippen LogP contribution >= 0.6 is 11.6 Å². The summed E-state index contributed by atoms with van der Waals surface area (Å²) in [5.41, 5.74) is 5.73. The first kappa shape index (κ1) is 12.2. The van der Waals surface area contributed by atoms with E-state index in [1.165, 1.54) is 12.1 Å². The first-order chi connectivity index (χ1) is 8.58. The van der Waals surface area contributed by atoms with E-state index in [1.54, 1.807) is 24.3 Å². The fourth-order valence-electron chi connectivity index (χ4n) is 1.41. The molecule has 0 spiro atoms. The van der Waals surface area contributed by atoms with Gasteiger partial charge in [-0.05, 0) is 24.3 Å². The second-order valence-electron chi connectivity index (χ2n) is 3.54. The molecule has 18 heavy (non-hydrogen) atoms. The van der Waals surface area contributed by atoms with Crippen LogP contribution in [0, 0.1) is 0 Å². The Labute approximate surface area is 108 Å². The largest absolute Gasteiger partial charge is 0.505 e. The van der Waals surface area contributed by atoms with E-state index in [1.807, 2.05) is 0 Å². The van der Waals surface area contributed by atoms with Crippen molar-refractivity contribution in [1.82, 2.24) is 4.98 Å². The SMILES string of the molecule is Nc1cccc(C(=O)Nc2cccc(Cl)n2)c1O. The number of hydrogen-bond acceptors (Lipinski definition) is 4. The molecule has 0 fully saturated rings. The van der Waals surface area contributed by atoms with Gasteiger partial charge in [-0.25, -0.2) is 4.98 Å². The van der Waals surface area contributed by atoms with Crippen molar-refractivity contribution in [2.24, 2.45) is 0 Å². The summed E-state index contributed by atoms with van der Waals surface area (Å²) in [5, 5.41) is 12.5. The number of nitrogens with zero attached hydrogens (tertiary/aromatic N) is 1. The smallest absolute Gasteiger partial charge is 0.260 e. The lowest BCUT2D eigenvalue weighted by atomic mass is 10.1. The molecule has 0 radical (unpaired) electrons. The predicted octanol–water partition coefficient (Wildman–Crippen LogP) is 2.28. The van der Waals surface area contributed by atoms with Gasteiger partial charge in [-0.2, -0.15) is 0 Å². The van der Waals surface area contributed by atoms with Crippen molar-refractivity contribution in [3.8, 4) is 5.75 Å². The molecule has 1 aromatic carbocycles. The van der Waals surface area contributed by atoms with Gasteiger partial charge in [-0.15, -0.1) is 0 Å². The summed E-state index contributed by atoms with van der Waals surface area (Å²) >= 11 is 5.70. The minimum Gasteiger partial charge on any atom is -0.505 e. The number of hydrogen-bond donors (Lipinski definition) is 3. The summed E-state index contributed by atoms with van der Waals surface area (Å²) in [6, 6.07) is 9.39. The number of rotatable bonds is 2. The van der Waals surface area contributed by atoms with Gasteiger partial charge in [-0.1, -0.05) is 23.7 Å². The zero-order valence-electron chi connectivity index (χ0n) is 9.22. The number of pyridine rings is 1. The number of phenols is 1. The van der Waals surface area contributed by atoms with Crippen LogP contribution in [0.2, 0.25) is 5.15 Å². The van der Waals surface area contributed by atoms with Crippen LogP contribution in [-0.2, 0) is 0 Å². The molecule has 0 bridgehead atoms. The highest BCUT2D eigenvalue weighted by molar-refractivity contribution is 6.29. The van der Waals surface area contributed by atoms with Crippen molar-refractivity contribution in [1.29, 1.82) is 0 Å². The Morgan fingerprint density at radius 1 is 1.28 bits per heavy atom. The standard InChI is InChI=1S/C12H10ClN3O2/c13-9-5-2-6-10(15-9)16-12(18)7-3-1-4-8(14)11(7)17/h1-6,17H,14H2,(H,15,16,18). The zero-order valence-corrected chi connectivity index (χ0v) is 9.98. The molecule has 0 unspecified atom stereocenters. The lowest BCUT2D eigenvalue weighted by molar-refractivity contribution is 0.102. The van der Waals surface area contributed by atoms with Crippen LogP contribution in [0.25, 0.3) is 0 Å². The quantitative estimate of drug-likeness (QED) is 0.441. The van der Waals surface area contributed by atoms with E-state index in [4.69, 9.17) is 17.3 Å². The number of aromatic hydroxyl groups is 1. The fraction of sp³-hybridized carbons (Fsp3) is 0. The molecule has 0 saturated heterocycles. The number of aromatic nitrogens is 1. The molecule has 0 saturated carbocycles. The molecule has 0 aliphatic heterocycles. The Kier molecular flexibility index (Phi) is 3.34. The summed E-state index contributed by atoms with van der Waals surface area (Å²) in [4.78, 5) is 15.8. The van der Waals surface area contributed by atoms with Crippen LogP contribution in [0.3, 0.4) is 0 Å². The number of phenolic OH excluding ortho intramolecular Hbond substituents is 1. The number of nitrogens with one attached hydrogen (secondary N) is 1. The summed E-state index contributed by atoms with van der Waals surface area (Å²) in [7, 11) is 0. The Morgan fingerprint density at radius 2 is 2.00 bits per heavy atom. The van der Waals surface area contributed by atoms with Gasteiger partial charge in [0.25, 0.3) is 5.91 Å². The minimum atomic E-state index is -0.505. The van der Waals surface area contributed by atoms with Gasteiger partial charge in [-0.3, -0.25) is 4.79 Å². The molecule has 1 heterocycles. The number of amides is 1. The van der Waals surface area contributed by atoms with E-state index in [0.717, 1.165) is 0 Å². The molecule has 5 nitrogen and oxygen atoms in total. The van der Waals surface area contributed by atoms with Crippen molar-refractivity contribution in [2.75, 3.05) is 11.1 Å². The first-order valence-electron chi connectivity index (χ1n) is 5.09. The number of benzene rings is 1. The normalized spacial score (nSPS) is 10.1. The molecule has 0 atom stereocenters. The zero-order chi connectivity index (χ0) is 13.1. The number of para-hydroxylation sites is 1. The van der Waals surface area contributed by atoms with Gasteiger partial charge in [0.05, 0.1) is 11.3 Å². The maximum atomic E-state index is 11.9. The van der Waals surface area contributed by atoms with Crippen molar-refractivity contribution >= 4 is 29.0 Å². The van der Waals surface area contributed by atoms with E-state index < -0.39 is 5.91 Å². The Bertz CT molecular complexity index is 602. The summed E-state index contributed by atoms with van der Waals surface area (Å²) in [5.74, 6) is -0.457. The molecule has 1 amide bonds. The van der Waals surface area contributed by atoms with E-state index in [0.29, 0.717) is 5.82 Å². The van der Waals surface area contributed by atoms with Gasteiger partial charge in [0.2, 0.25) is 0 Å². The van der Waals surface area contributed by atoms with Crippen molar-refractivity contribution in [2.45, 2.75) is 0 Å². The van der Waals surface area contributed by atoms with Gasteiger partial charge >= 0.3 is 0 Å². The van der Waals surface area contributed by atoms with Crippen molar-refractivity contribution < 1.29 is 9.90 Å². The molecule has 0 aliphatic rings. The minimum absolute atomic E-state index is 0.0803. The van der Waals surface area contributed by atoms with Crippen LogP contribution in [0.1, 0.15) is 10.4 Å². The van der Waals surface area contributed by atoms with Gasteiger partial charge < -0.3 is 16.2 Å². The monoisotopic (exact) mass is 263 g/mol. The Balaban J connectivity index is 2.25. The Morgan fingerprint density at radius 3 is 2.72 bits per heavy atom. The van der Waals surface area contributed by atoms with Gasteiger partial charge in [0.15, 0.2) is 5.75 Å². The number of nitrogen functional groups attached to an aromatic ring is 1. The van der Waals surface area contributed by atoms with Crippen molar-refractivity contribution in [3.63, 3.8) is 0 Å². The molecule has 2 rings (SSSR count). The number of halogens is 1. The maximum absolute atomic E-state index is 11.9. The summed E-state index contributed by atoms with van der Waals surface area (Å²) in [6.45, 7) is 0. The lowest BCUT2D eigenvalue weighted by Gasteiger charge is -2.07. The van der Waals surface area contributed by atoms with Crippen LogP contribution in [-0.4, -0.2) is 16.0 Å². The third kappa shape index (κ3) is 2.52. The molecule has 1 aromatic heterocycles. The Hall–Kier alpha value is -2.27. The predicted molar refractivity (Wildman–Crippen MR) is 69.7 cm³/mol. The molecular formula is C12H10ClN3O2. The summed E-state index contributed by atoms with van der Waals surface area (Å²) in [6.07, 6.45) is 0. The molecular weight excluding hydrogens is 254 g/mol. The highest BCUT2D eigenvalue weighted by Crippen LogP contribution is 2.25. The number of nitrogens with two attached hydrogens (primary N) is 1. The van der Waals surface area contributed by atoms with Crippen LogP contribution in [0.4, 0.5) is 11.5 Å². The number of carbonyl (C=O) groups excluding carboxylic acids is 1. The van der Waals surface area contributed by atoms with Gasteiger partial charge in [0.1, 0.15) is 11.0 Å². The van der Waals surface area contributed by atoms with E-state index in [-0.39, 0.29) is 22.2 Å². The van der Waals surface area contributed by atoms with Crippen LogP contribution in [0.5, 0.6) is 5.75 Å². The number of carbonyl (C=O) groups is 1. The molecule has 6 heteroatoms. The topological polar surface area (TPSA) is 88.2 Å².